The molecular weight excluding hydrogens is 208 g/mol. The number of hydrogen-bond acceptors (Lipinski definition) is 2. The van der Waals surface area contributed by atoms with E-state index in [0.29, 0.717) is 0 Å². The molecule has 0 spiro atoms. The van der Waals surface area contributed by atoms with E-state index in [4.69, 9.17) is 0 Å². The topological polar surface area (TPSA) is 15.3 Å². The van der Waals surface area contributed by atoms with Crippen molar-refractivity contribution >= 4 is 5.69 Å². The molecule has 1 aromatic rings. The number of nitrogens with zero attached hydrogens (tertiary/aromatic N) is 1. The zero-order valence-electron chi connectivity index (χ0n) is 11.1. The normalized spacial score (nSPS) is 16.4. The van der Waals surface area contributed by atoms with Gasteiger partial charge in [0.1, 0.15) is 0 Å². The summed E-state index contributed by atoms with van der Waals surface area (Å²) in [6.45, 7) is 4.35. The Morgan fingerprint density at radius 3 is 2.59 bits per heavy atom. The third kappa shape index (κ3) is 2.81. The number of hydrogen-bond donors (Lipinski definition) is 1. The molecule has 0 unspecified atom stereocenters. The second-order valence-electron chi connectivity index (χ2n) is 4.88. The Labute approximate surface area is 105 Å². The van der Waals surface area contributed by atoms with Crippen LogP contribution in [0.15, 0.2) is 24.3 Å². The van der Waals surface area contributed by atoms with Crippen molar-refractivity contribution in [1.29, 1.82) is 0 Å². The minimum absolute atomic E-state index is 0.762. The van der Waals surface area contributed by atoms with Crippen LogP contribution in [-0.2, 0) is 6.54 Å². The van der Waals surface area contributed by atoms with Crippen LogP contribution in [0.3, 0.4) is 0 Å². The Morgan fingerprint density at radius 1 is 1.24 bits per heavy atom. The minimum Gasteiger partial charge on any atom is -0.369 e. The number of benzene rings is 1. The standard InChI is InChI=1S/C15H24N2/c1-3-17(14-9-5-6-10-14)15-11-7-4-8-13(15)12-16-2/h4,7-8,11,14,16H,3,5-6,9-10,12H2,1-2H3. The summed E-state index contributed by atoms with van der Waals surface area (Å²) in [4.78, 5) is 2.60. The number of para-hydroxylation sites is 1. The summed E-state index contributed by atoms with van der Waals surface area (Å²) >= 11 is 0. The van der Waals surface area contributed by atoms with Gasteiger partial charge in [-0.25, -0.2) is 0 Å². The molecule has 94 valence electrons. The van der Waals surface area contributed by atoms with Crippen LogP contribution < -0.4 is 10.2 Å². The highest BCUT2D eigenvalue weighted by atomic mass is 15.2. The van der Waals surface area contributed by atoms with Crippen molar-refractivity contribution in [2.24, 2.45) is 0 Å². The quantitative estimate of drug-likeness (QED) is 0.839. The van der Waals surface area contributed by atoms with Crippen molar-refractivity contribution in [3.63, 3.8) is 0 Å². The SMILES string of the molecule is CCN(c1ccccc1CNC)C1CCCC1. The van der Waals surface area contributed by atoms with Crippen LogP contribution in [0.1, 0.15) is 38.2 Å². The maximum Gasteiger partial charge on any atom is 0.0414 e. The summed E-state index contributed by atoms with van der Waals surface area (Å²) in [5, 5.41) is 3.27. The van der Waals surface area contributed by atoms with Crippen LogP contribution in [0.2, 0.25) is 0 Å². The van der Waals surface area contributed by atoms with Crippen molar-refractivity contribution in [2.75, 3.05) is 18.5 Å². The van der Waals surface area contributed by atoms with Gasteiger partial charge in [0.05, 0.1) is 0 Å². The van der Waals surface area contributed by atoms with Crippen molar-refractivity contribution in [1.82, 2.24) is 5.32 Å². The number of rotatable bonds is 5. The smallest absolute Gasteiger partial charge is 0.0414 e. The third-order valence-corrected chi connectivity index (χ3v) is 3.77. The molecule has 1 aliphatic rings. The fraction of sp³-hybridized carbons (Fsp3) is 0.600. The van der Waals surface area contributed by atoms with Crippen LogP contribution in [0.5, 0.6) is 0 Å². The predicted molar refractivity (Wildman–Crippen MR) is 74.5 cm³/mol. The van der Waals surface area contributed by atoms with Gasteiger partial charge in [-0.05, 0) is 38.4 Å². The van der Waals surface area contributed by atoms with Gasteiger partial charge >= 0.3 is 0 Å². The molecule has 1 fully saturated rings. The average molecular weight is 232 g/mol. The molecule has 2 nitrogen and oxygen atoms in total. The van der Waals surface area contributed by atoms with Crippen LogP contribution in [0.25, 0.3) is 0 Å². The molecule has 0 atom stereocenters. The van der Waals surface area contributed by atoms with Gasteiger partial charge in [0.15, 0.2) is 0 Å². The molecular formula is C15H24N2. The molecule has 2 heteroatoms. The summed E-state index contributed by atoms with van der Waals surface area (Å²) in [7, 11) is 2.02. The van der Waals surface area contributed by atoms with Crippen LogP contribution >= 0.6 is 0 Å². The first-order valence-corrected chi connectivity index (χ1v) is 6.86. The first-order valence-electron chi connectivity index (χ1n) is 6.86. The summed E-state index contributed by atoms with van der Waals surface area (Å²) < 4.78 is 0. The first kappa shape index (κ1) is 12.4. The van der Waals surface area contributed by atoms with Crippen LogP contribution in [0.4, 0.5) is 5.69 Å². The Balaban J connectivity index is 2.22. The molecule has 0 saturated heterocycles. The van der Waals surface area contributed by atoms with E-state index in [-0.39, 0.29) is 0 Å². The Hall–Kier alpha value is -1.02. The molecule has 2 rings (SSSR count). The van der Waals surface area contributed by atoms with Gasteiger partial charge in [0.25, 0.3) is 0 Å². The maximum absolute atomic E-state index is 3.27. The molecule has 0 aromatic heterocycles. The van der Waals surface area contributed by atoms with Crippen molar-refractivity contribution in [2.45, 2.75) is 45.2 Å². The minimum atomic E-state index is 0.762. The Kier molecular flexibility index (Phi) is 4.43. The van der Waals surface area contributed by atoms with Gasteiger partial charge in [-0.15, -0.1) is 0 Å². The molecule has 1 aliphatic carbocycles. The van der Waals surface area contributed by atoms with Gasteiger partial charge < -0.3 is 10.2 Å². The monoisotopic (exact) mass is 232 g/mol. The molecule has 0 heterocycles. The third-order valence-electron chi connectivity index (χ3n) is 3.77. The zero-order chi connectivity index (χ0) is 12.1. The average Bonchev–Trinajstić information content (AvgIpc) is 2.86. The van der Waals surface area contributed by atoms with E-state index in [1.807, 2.05) is 7.05 Å². The van der Waals surface area contributed by atoms with Crippen molar-refractivity contribution < 1.29 is 0 Å². The fourth-order valence-corrected chi connectivity index (χ4v) is 2.97. The molecule has 1 aromatic carbocycles. The van der Waals surface area contributed by atoms with Crippen LogP contribution in [-0.4, -0.2) is 19.6 Å². The summed E-state index contributed by atoms with van der Waals surface area (Å²) in [5.41, 5.74) is 2.85. The molecule has 0 bridgehead atoms. The lowest BCUT2D eigenvalue weighted by molar-refractivity contribution is 0.616. The molecule has 1 saturated carbocycles. The van der Waals surface area contributed by atoms with Gasteiger partial charge in [-0.1, -0.05) is 31.0 Å². The van der Waals surface area contributed by atoms with E-state index in [2.05, 4.69) is 41.4 Å². The molecule has 1 N–H and O–H groups in total. The second kappa shape index (κ2) is 6.06. The van der Waals surface area contributed by atoms with E-state index in [0.717, 1.165) is 19.1 Å². The van der Waals surface area contributed by atoms with E-state index in [1.54, 1.807) is 0 Å². The number of anilines is 1. The van der Waals surface area contributed by atoms with Crippen molar-refractivity contribution in [3.05, 3.63) is 29.8 Å². The van der Waals surface area contributed by atoms with E-state index >= 15 is 0 Å². The van der Waals surface area contributed by atoms with Gasteiger partial charge in [-0.3, -0.25) is 0 Å². The molecule has 0 aliphatic heterocycles. The summed E-state index contributed by atoms with van der Waals surface area (Å²) in [5.74, 6) is 0. The highest BCUT2D eigenvalue weighted by Gasteiger charge is 2.22. The fourth-order valence-electron chi connectivity index (χ4n) is 2.97. The second-order valence-corrected chi connectivity index (χ2v) is 4.88. The molecule has 0 amide bonds. The summed E-state index contributed by atoms with van der Waals surface area (Å²) in [6.07, 6.45) is 5.52. The van der Waals surface area contributed by atoms with Crippen LogP contribution in [0, 0.1) is 0 Å². The van der Waals surface area contributed by atoms with E-state index < -0.39 is 0 Å². The van der Waals surface area contributed by atoms with Gasteiger partial charge in [0.2, 0.25) is 0 Å². The lowest BCUT2D eigenvalue weighted by Crippen LogP contribution is -2.34. The predicted octanol–water partition coefficient (Wildman–Crippen LogP) is 3.17. The molecule has 0 radical (unpaired) electrons. The lowest BCUT2D eigenvalue weighted by Gasteiger charge is -2.31. The highest BCUT2D eigenvalue weighted by Crippen LogP contribution is 2.30. The molecule has 17 heavy (non-hydrogen) atoms. The van der Waals surface area contributed by atoms with E-state index in [1.165, 1.54) is 36.9 Å². The Bertz CT molecular complexity index is 343. The van der Waals surface area contributed by atoms with Gasteiger partial charge in [0, 0.05) is 24.8 Å². The van der Waals surface area contributed by atoms with Gasteiger partial charge in [-0.2, -0.15) is 0 Å². The maximum atomic E-state index is 3.27. The highest BCUT2D eigenvalue weighted by molar-refractivity contribution is 5.54. The first-order chi connectivity index (χ1) is 8.36. The number of nitrogens with one attached hydrogen (secondary N) is 1. The Morgan fingerprint density at radius 2 is 1.94 bits per heavy atom. The zero-order valence-corrected chi connectivity index (χ0v) is 11.1. The van der Waals surface area contributed by atoms with Crippen molar-refractivity contribution in [3.8, 4) is 0 Å². The lowest BCUT2D eigenvalue weighted by atomic mass is 10.1. The summed E-state index contributed by atoms with van der Waals surface area (Å²) in [6, 6.07) is 9.57. The van der Waals surface area contributed by atoms with E-state index in [9.17, 15) is 0 Å². The largest absolute Gasteiger partial charge is 0.369 e.